The van der Waals surface area contributed by atoms with Crippen LogP contribution in [0.2, 0.25) is 0 Å². The zero-order valence-electron chi connectivity index (χ0n) is 9.58. The highest BCUT2D eigenvalue weighted by Crippen LogP contribution is 2.20. The van der Waals surface area contributed by atoms with E-state index >= 15 is 0 Å². The Kier molecular flexibility index (Phi) is 4.39. The molecule has 1 amide bonds. The maximum atomic E-state index is 12.1. The van der Waals surface area contributed by atoms with Gasteiger partial charge in [-0.3, -0.25) is 9.89 Å². The fourth-order valence-corrected chi connectivity index (χ4v) is 2.44. The van der Waals surface area contributed by atoms with Gasteiger partial charge in [-0.2, -0.15) is 5.10 Å². The first-order chi connectivity index (χ1) is 8.58. The summed E-state index contributed by atoms with van der Waals surface area (Å²) in [5.74, 6) is -0.103. The molecule has 4 nitrogen and oxygen atoms in total. The number of aromatic amines is 1. The standard InChI is InChI=1S/C12H11BrIN3O/c1-7(8-5-15-16-6-8)17-12(18)10-4-9(14)2-3-11(10)13/h2-7H,1H3,(H,15,16)(H,17,18). The predicted molar refractivity (Wildman–Crippen MR) is 81.3 cm³/mol. The first kappa shape index (κ1) is 13.5. The molecule has 1 unspecified atom stereocenters. The van der Waals surface area contributed by atoms with Crippen LogP contribution in [-0.2, 0) is 0 Å². The minimum absolute atomic E-state index is 0.0824. The molecule has 1 aromatic carbocycles. The van der Waals surface area contributed by atoms with Gasteiger partial charge in [-0.1, -0.05) is 0 Å². The molecule has 0 aliphatic rings. The summed E-state index contributed by atoms with van der Waals surface area (Å²) in [7, 11) is 0. The summed E-state index contributed by atoms with van der Waals surface area (Å²) in [5.41, 5.74) is 1.59. The number of halogens is 2. The van der Waals surface area contributed by atoms with Crippen molar-refractivity contribution < 1.29 is 4.79 Å². The Balaban J connectivity index is 2.15. The van der Waals surface area contributed by atoms with Crippen molar-refractivity contribution in [2.45, 2.75) is 13.0 Å². The van der Waals surface area contributed by atoms with Crippen LogP contribution in [0.25, 0.3) is 0 Å². The van der Waals surface area contributed by atoms with E-state index in [1.54, 1.807) is 12.4 Å². The quantitative estimate of drug-likeness (QED) is 0.750. The van der Waals surface area contributed by atoms with Crippen molar-refractivity contribution in [3.63, 3.8) is 0 Å². The van der Waals surface area contributed by atoms with Gasteiger partial charge in [0.2, 0.25) is 0 Å². The van der Waals surface area contributed by atoms with Gasteiger partial charge >= 0.3 is 0 Å². The fraction of sp³-hybridized carbons (Fsp3) is 0.167. The smallest absolute Gasteiger partial charge is 0.252 e. The summed E-state index contributed by atoms with van der Waals surface area (Å²) in [6.45, 7) is 1.92. The Bertz CT molecular complexity index is 556. The third kappa shape index (κ3) is 3.11. The van der Waals surface area contributed by atoms with Crippen LogP contribution in [0.1, 0.15) is 28.9 Å². The van der Waals surface area contributed by atoms with Crippen molar-refractivity contribution in [1.82, 2.24) is 15.5 Å². The van der Waals surface area contributed by atoms with E-state index in [2.05, 4.69) is 54.0 Å². The number of benzene rings is 1. The summed E-state index contributed by atoms with van der Waals surface area (Å²) < 4.78 is 1.82. The van der Waals surface area contributed by atoms with Crippen molar-refractivity contribution in [1.29, 1.82) is 0 Å². The monoisotopic (exact) mass is 419 g/mol. The van der Waals surface area contributed by atoms with Crippen molar-refractivity contribution >= 4 is 44.4 Å². The first-order valence-electron chi connectivity index (χ1n) is 5.32. The fourth-order valence-electron chi connectivity index (χ4n) is 1.53. The van der Waals surface area contributed by atoms with Gasteiger partial charge in [0.1, 0.15) is 0 Å². The lowest BCUT2D eigenvalue weighted by Crippen LogP contribution is -2.26. The molecule has 0 aliphatic heterocycles. The molecule has 0 radical (unpaired) electrons. The molecule has 0 fully saturated rings. The minimum Gasteiger partial charge on any atom is -0.345 e. The number of rotatable bonds is 3. The van der Waals surface area contributed by atoms with Crippen LogP contribution in [0.15, 0.2) is 35.1 Å². The number of amides is 1. The van der Waals surface area contributed by atoms with Crippen molar-refractivity contribution in [2.24, 2.45) is 0 Å². The second-order valence-electron chi connectivity index (χ2n) is 3.85. The van der Waals surface area contributed by atoms with Crippen molar-refractivity contribution in [3.8, 4) is 0 Å². The van der Waals surface area contributed by atoms with Gasteiger partial charge in [0.15, 0.2) is 0 Å². The van der Waals surface area contributed by atoms with E-state index in [9.17, 15) is 4.79 Å². The number of nitrogens with zero attached hydrogens (tertiary/aromatic N) is 1. The molecular weight excluding hydrogens is 409 g/mol. The summed E-state index contributed by atoms with van der Waals surface area (Å²) in [6.07, 6.45) is 3.48. The van der Waals surface area contributed by atoms with Gasteiger partial charge in [0, 0.05) is 19.8 Å². The summed E-state index contributed by atoms with van der Waals surface area (Å²) in [6, 6.07) is 5.59. The number of carbonyl (C=O) groups is 1. The molecule has 6 heteroatoms. The highest BCUT2D eigenvalue weighted by atomic mass is 127. The second kappa shape index (κ2) is 5.83. The summed E-state index contributed by atoms with van der Waals surface area (Å²) in [5, 5.41) is 9.53. The SMILES string of the molecule is CC(NC(=O)c1cc(I)ccc1Br)c1cn[nH]c1. The second-order valence-corrected chi connectivity index (χ2v) is 5.95. The third-order valence-electron chi connectivity index (χ3n) is 2.54. The number of hydrogen-bond donors (Lipinski definition) is 2. The Morgan fingerprint density at radius 2 is 2.33 bits per heavy atom. The molecular formula is C12H11BrIN3O. The molecule has 2 rings (SSSR count). The molecule has 2 aromatic rings. The van der Waals surface area contributed by atoms with Crippen LogP contribution in [0, 0.1) is 3.57 Å². The van der Waals surface area contributed by atoms with Crippen LogP contribution in [0.5, 0.6) is 0 Å². The van der Waals surface area contributed by atoms with Crippen LogP contribution in [0.4, 0.5) is 0 Å². The Morgan fingerprint density at radius 3 is 3.00 bits per heavy atom. The molecule has 1 aromatic heterocycles. The van der Waals surface area contributed by atoms with E-state index in [1.165, 1.54) is 0 Å². The van der Waals surface area contributed by atoms with Crippen LogP contribution < -0.4 is 5.32 Å². The Hall–Kier alpha value is -0.890. The lowest BCUT2D eigenvalue weighted by atomic mass is 10.1. The Labute approximate surface area is 127 Å². The van der Waals surface area contributed by atoms with E-state index < -0.39 is 0 Å². The molecule has 0 spiro atoms. The van der Waals surface area contributed by atoms with Crippen LogP contribution >= 0.6 is 38.5 Å². The molecule has 0 saturated heterocycles. The average Bonchev–Trinajstić information content (AvgIpc) is 2.85. The number of aromatic nitrogens is 2. The third-order valence-corrected chi connectivity index (χ3v) is 3.90. The predicted octanol–water partition coefficient (Wildman–Crippen LogP) is 3.27. The van der Waals surface area contributed by atoms with Gasteiger partial charge in [-0.05, 0) is 63.6 Å². The van der Waals surface area contributed by atoms with Gasteiger partial charge < -0.3 is 5.32 Å². The Morgan fingerprint density at radius 1 is 1.56 bits per heavy atom. The zero-order valence-corrected chi connectivity index (χ0v) is 13.3. The zero-order chi connectivity index (χ0) is 13.1. The first-order valence-corrected chi connectivity index (χ1v) is 7.19. The number of carbonyl (C=O) groups excluding carboxylic acids is 1. The molecule has 0 saturated carbocycles. The van der Waals surface area contributed by atoms with E-state index in [4.69, 9.17) is 0 Å². The molecule has 1 heterocycles. The maximum Gasteiger partial charge on any atom is 0.252 e. The van der Waals surface area contributed by atoms with Crippen molar-refractivity contribution in [2.75, 3.05) is 0 Å². The topological polar surface area (TPSA) is 57.8 Å². The highest BCUT2D eigenvalue weighted by Gasteiger charge is 2.14. The molecule has 2 N–H and O–H groups in total. The van der Waals surface area contributed by atoms with Crippen molar-refractivity contribution in [3.05, 3.63) is 49.8 Å². The van der Waals surface area contributed by atoms with Gasteiger partial charge in [0.05, 0.1) is 17.8 Å². The van der Waals surface area contributed by atoms with E-state index in [1.807, 2.05) is 25.1 Å². The molecule has 18 heavy (non-hydrogen) atoms. The molecule has 0 aliphatic carbocycles. The lowest BCUT2D eigenvalue weighted by molar-refractivity contribution is 0.0939. The van der Waals surface area contributed by atoms with Gasteiger partial charge in [-0.25, -0.2) is 0 Å². The number of nitrogens with one attached hydrogen (secondary N) is 2. The number of hydrogen-bond acceptors (Lipinski definition) is 2. The number of H-pyrrole nitrogens is 1. The van der Waals surface area contributed by atoms with Gasteiger partial charge in [0.25, 0.3) is 5.91 Å². The molecule has 94 valence electrons. The van der Waals surface area contributed by atoms with E-state index in [0.29, 0.717) is 5.56 Å². The largest absolute Gasteiger partial charge is 0.345 e. The van der Waals surface area contributed by atoms with E-state index in [0.717, 1.165) is 13.6 Å². The average molecular weight is 420 g/mol. The molecule has 1 atom stereocenters. The lowest BCUT2D eigenvalue weighted by Gasteiger charge is -2.13. The maximum absolute atomic E-state index is 12.1. The normalized spacial score (nSPS) is 12.2. The summed E-state index contributed by atoms with van der Waals surface area (Å²) >= 11 is 5.57. The van der Waals surface area contributed by atoms with Gasteiger partial charge in [-0.15, -0.1) is 0 Å². The highest BCUT2D eigenvalue weighted by molar-refractivity contribution is 14.1. The van der Waals surface area contributed by atoms with E-state index in [-0.39, 0.29) is 11.9 Å². The summed E-state index contributed by atoms with van der Waals surface area (Å²) in [4.78, 5) is 12.1. The van der Waals surface area contributed by atoms with Crippen LogP contribution in [-0.4, -0.2) is 16.1 Å². The van der Waals surface area contributed by atoms with Crippen LogP contribution in [0.3, 0.4) is 0 Å². The minimum atomic E-state index is -0.103. The molecule has 0 bridgehead atoms.